The zero-order valence-corrected chi connectivity index (χ0v) is 11.0. The van der Waals surface area contributed by atoms with Crippen LogP contribution in [0.25, 0.3) is 0 Å². The van der Waals surface area contributed by atoms with Gasteiger partial charge in [0.15, 0.2) is 0 Å². The molecule has 2 saturated carbocycles. The van der Waals surface area contributed by atoms with E-state index < -0.39 is 0 Å². The number of nitrogens with one attached hydrogen (secondary N) is 1. The fourth-order valence-corrected chi connectivity index (χ4v) is 3.63. The molecular weight excluding hydrogens is 212 g/mol. The number of rotatable bonds is 4. The third-order valence-electron chi connectivity index (χ3n) is 4.69. The third-order valence-corrected chi connectivity index (χ3v) is 4.69. The summed E-state index contributed by atoms with van der Waals surface area (Å²) in [5.74, 6) is 0. The van der Waals surface area contributed by atoms with Crippen molar-refractivity contribution in [1.82, 2.24) is 10.2 Å². The Morgan fingerprint density at radius 1 is 1.00 bits per heavy atom. The van der Waals surface area contributed by atoms with Gasteiger partial charge in [-0.25, -0.2) is 0 Å². The molecule has 0 bridgehead atoms. The lowest BCUT2D eigenvalue weighted by Gasteiger charge is -2.39. The molecule has 0 aromatic rings. The summed E-state index contributed by atoms with van der Waals surface area (Å²) in [6, 6.07) is 2.29. The van der Waals surface area contributed by atoms with Gasteiger partial charge in [0.25, 0.3) is 0 Å². The molecule has 0 spiro atoms. The van der Waals surface area contributed by atoms with E-state index in [2.05, 4.69) is 10.2 Å². The summed E-state index contributed by atoms with van der Waals surface area (Å²) in [6.07, 6.45) is 9.98. The van der Waals surface area contributed by atoms with Crippen molar-refractivity contribution in [3.8, 4) is 0 Å². The first-order valence-electron chi connectivity index (χ1n) is 7.39. The van der Waals surface area contributed by atoms with E-state index in [1.807, 2.05) is 7.11 Å². The zero-order chi connectivity index (χ0) is 11.7. The summed E-state index contributed by atoms with van der Waals surface area (Å²) in [7, 11) is 1.88. The highest BCUT2D eigenvalue weighted by molar-refractivity contribution is 4.93. The van der Waals surface area contributed by atoms with Crippen LogP contribution < -0.4 is 5.32 Å². The van der Waals surface area contributed by atoms with Gasteiger partial charge in [-0.05, 0) is 51.5 Å². The van der Waals surface area contributed by atoms with Crippen molar-refractivity contribution in [1.29, 1.82) is 0 Å². The summed E-state index contributed by atoms with van der Waals surface area (Å²) in [6.45, 7) is 2.54. The lowest BCUT2D eigenvalue weighted by atomic mass is 10.0. The van der Waals surface area contributed by atoms with E-state index >= 15 is 0 Å². The highest BCUT2D eigenvalue weighted by Gasteiger charge is 2.35. The molecule has 17 heavy (non-hydrogen) atoms. The zero-order valence-electron chi connectivity index (χ0n) is 11.0. The maximum Gasteiger partial charge on any atom is 0.0726 e. The Labute approximate surface area is 105 Å². The molecule has 1 aliphatic heterocycles. The first kappa shape index (κ1) is 11.9. The van der Waals surface area contributed by atoms with Gasteiger partial charge in [-0.3, -0.25) is 4.90 Å². The first-order valence-corrected chi connectivity index (χ1v) is 7.39. The van der Waals surface area contributed by atoms with E-state index in [9.17, 15) is 0 Å². The quantitative estimate of drug-likeness (QED) is 0.808. The molecule has 3 aliphatic rings. The topological polar surface area (TPSA) is 24.5 Å². The SMILES string of the molecule is COC1CCCC1N1CCCC(NC2CC2)C1. The lowest BCUT2D eigenvalue weighted by Crippen LogP contribution is -2.52. The van der Waals surface area contributed by atoms with Crippen molar-refractivity contribution in [2.45, 2.75) is 69.2 Å². The van der Waals surface area contributed by atoms with Gasteiger partial charge in [-0.15, -0.1) is 0 Å². The molecule has 3 nitrogen and oxygen atoms in total. The number of hydrogen-bond acceptors (Lipinski definition) is 3. The molecule has 3 atom stereocenters. The molecule has 3 unspecified atom stereocenters. The van der Waals surface area contributed by atoms with E-state index in [-0.39, 0.29) is 0 Å². The summed E-state index contributed by atoms with van der Waals surface area (Å²) in [5.41, 5.74) is 0. The molecule has 2 aliphatic carbocycles. The Morgan fingerprint density at radius 3 is 2.65 bits per heavy atom. The second kappa shape index (κ2) is 5.25. The summed E-state index contributed by atoms with van der Waals surface area (Å²) in [4.78, 5) is 2.70. The fraction of sp³-hybridized carbons (Fsp3) is 1.00. The van der Waals surface area contributed by atoms with Crippen LogP contribution in [-0.2, 0) is 4.74 Å². The van der Waals surface area contributed by atoms with Crippen LogP contribution in [0.15, 0.2) is 0 Å². The molecule has 0 radical (unpaired) electrons. The van der Waals surface area contributed by atoms with Gasteiger partial charge in [-0.1, -0.05) is 0 Å². The second-order valence-electron chi connectivity index (χ2n) is 6.05. The van der Waals surface area contributed by atoms with Crippen LogP contribution in [0.3, 0.4) is 0 Å². The van der Waals surface area contributed by atoms with E-state index in [4.69, 9.17) is 4.74 Å². The first-order chi connectivity index (χ1) is 8.36. The molecule has 0 aromatic carbocycles. The number of likely N-dealkylation sites (tertiary alicyclic amines) is 1. The van der Waals surface area contributed by atoms with E-state index in [0.717, 1.165) is 12.1 Å². The van der Waals surface area contributed by atoms with Gasteiger partial charge in [0.05, 0.1) is 6.10 Å². The Bertz CT molecular complexity index is 255. The number of methoxy groups -OCH3 is 1. The van der Waals surface area contributed by atoms with Crippen LogP contribution in [0.1, 0.15) is 44.9 Å². The predicted octanol–water partition coefficient (Wildman–Crippen LogP) is 1.77. The van der Waals surface area contributed by atoms with Crippen molar-refractivity contribution in [3.05, 3.63) is 0 Å². The van der Waals surface area contributed by atoms with Crippen LogP contribution in [0.5, 0.6) is 0 Å². The Hall–Kier alpha value is -0.120. The van der Waals surface area contributed by atoms with Gasteiger partial charge in [0, 0.05) is 31.8 Å². The van der Waals surface area contributed by atoms with Gasteiger partial charge in [-0.2, -0.15) is 0 Å². The van der Waals surface area contributed by atoms with E-state index in [1.165, 1.54) is 58.0 Å². The molecule has 1 saturated heterocycles. The van der Waals surface area contributed by atoms with Gasteiger partial charge >= 0.3 is 0 Å². The van der Waals surface area contributed by atoms with Gasteiger partial charge in [0.2, 0.25) is 0 Å². The van der Waals surface area contributed by atoms with Crippen LogP contribution in [-0.4, -0.2) is 49.3 Å². The second-order valence-corrected chi connectivity index (χ2v) is 6.05. The number of ether oxygens (including phenoxy) is 1. The van der Waals surface area contributed by atoms with Gasteiger partial charge in [0.1, 0.15) is 0 Å². The van der Waals surface area contributed by atoms with Crippen molar-refractivity contribution in [2.24, 2.45) is 0 Å². The number of hydrogen-bond donors (Lipinski definition) is 1. The number of piperidine rings is 1. The maximum atomic E-state index is 5.64. The van der Waals surface area contributed by atoms with Crippen molar-refractivity contribution < 1.29 is 4.74 Å². The average molecular weight is 238 g/mol. The lowest BCUT2D eigenvalue weighted by molar-refractivity contribution is 0.0193. The minimum atomic E-state index is 0.495. The Balaban J connectivity index is 1.54. The van der Waals surface area contributed by atoms with Crippen LogP contribution in [0.2, 0.25) is 0 Å². The van der Waals surface area contributed by atoms with Crippen molar-refractivity contribution in [3.63, 3.8) is 0 Å². The molecule has 0 amide bonds. The Morgan fingerprint density at radius 2 is 1.88 bits per heavy atom. The molecule has 1 heterocycles. The summed E-state index contributed by atoms with van der Waals surface area (Å²) < 4.78 is 5.64. The molecule has 3 rings (SSSR count). The molecular formula is C14H26N2O. The van der Waals surface area contributed by atoms with Crippen molar-refractivity contribution in [2.75, 3.05) is 20.2 Å². The molecule has 1 N–H and O–H groups in total. The normalized spacial score (nSPS) is 39.7. The maximum absolute atomic E-state index is 5.64. The highest BCUT2D eigenvalue weighted by Crippen LogP contribution is 2.29. The van der Waals surface area contributed by atoms with Crippen LogP contribution >= 0.6 is 0 Å². The predicted molar refractivity (Wildman–Crippen MR) is 69.2 cm³/mol. The molecule has 3 fully saturated rings. The van der Waals surface area contributed by atoms with Crippen LogP contribution in [0.4, 0.5) is 0 Å². The monoisotopic (exact) mass is 238 g/mol. The average Bonchev–Trinajstić information content (AvgIpc) is 3.04. The molecule has 98 valence electrons. The summed E-state index contributed by atoms with van der Waals surface area (Å²) in [5, 5.41) is 3.80. The standard InChI is InChI=1S/C14H26N2O/c1-17-14-6-2-5-13(14)16-9-3-4-12(10-16)15-11-7-8-11/h11-15H,2-10H2,1H3. The third kappa shape index (κ3) is 2.83. The van der Waals surface area contributed by atoms with Gasteiger partial charge < -0.3 is 10.1 Å². The van der Waals surface area contributed by atoms with E-state index in [0.29, 0.717) is 12.1 Å². The highest BCUT2D eigenvalue weighted by atomic mass is 16.5. The summed E-state index contributed by atoms with van der Waals surface area (Å²) >= 11 is 0. The van der Waals surface area contributed by atoms with E-state index in [1.54, 1.807) is 0 Å². The minimum absolute atomic E-state index is 0.495. The smallest absolute Gasteiger partial charge is 0.0726 e. The van der Waals surface area contributed by atoms with Crippen LogP contribution in [0, 0.1) is 0 Å². The molecule has 3 heteroatoms. The fourth-order valence-electron chi connectivity index (χ4n) is 3.63. The number of nitrogens with zero attached hydrogens (tertiary/aromatic N) is 1. The molecule has 0 aromatic heterocycles. The Kier molecular flexibility index (Phi) is 3.69. The van der Waals surface area contributed by atoms with Crippen molar-refractivity contribution >= 4 is 0 Å². The largest absolute Gasteiger partial charge is 0.380 e. The minimum Gasteiger partial charge on any atom is -0.380 e.